The van der Waals surface area contributed by atoms with Gasteiger partial charge in [-0.1, -0.05) is 30.0 Å². The maximum absolute atomic E-state index is 13.2. The molecule has 1 N–H and O–H groups in total. The average molecular weight is 314 g/mol. The van der Waals surface area contributed by atoms with E-state index in [-0.39, 0.29) is 11.0 Å². The molecule has 0 bridgehead atoms. The second kappa shape index (κ2) is 5.93. The first kappa shape index (κ1) is 14.8. The largest absolute Gasteiger partial charge is 0.333 e. The molecule has 112 valence electrons. The smallest absolute Gasteiger partial charge is 0.176 e. The summed E-state index contributed by atoms with van der Waals surface area (Å²) >= 11 is 1.35. The van der Waals surface area contributed by atoms with E-state index in [1.54, 1.807) is 19.1 Å². The Balaban J connectivity index is 1.80. The number of ketones is 1. The number of nitrogens with zero attached hydrogens (tertiary/aromatic N) is 1. The zero-order chi connectivity index (χ0) is 15.7. The van der Waals surface area contributed by atoms with E-state index < -0.39 is 5.82 Å². The van der Waals surface area contributed by atoms with E-state index in [1.807, 2.05) is 25.1 Å². The first-order chi connectivity index (χ1) is 10.5. The number of carbonyl (C=O) groups excluding carboxylic acids is 1. The Morgan fingerprint density at radius 3 is 2.86 bits per heavy atom. The zero-order valence-corrected chi connectivity index (χ0v) is 13.1. The number of aromatic nitrogens is 2. The van der Waals surface area contributed by atoms with Gasteiger partial charge in [0.2, 0.25) is 0 Å². The second-order valence-corrected chi connectivity index (χ2v) is 6.53. The quantitative estimate of drug-likeness (QED) is 0.574. The van der Waals surface area contributed by atoms with Gasteiger partial charge in [-0.3, -0.25) is 4.79 Å². The summed E-state index contributed by atoms with van der Waals surface area (Å²) in [6, 6.07) is 11.7. The molecule has 1 unspecified atom stereocenters. The number of rotatable bonds is 4. The van der Waals surface area contributed by atoms with Crippen LogP contribution in [-0.2, 0) is 0 Å². The van der Waals surface area contributed by atoms with E-state index in [0.29, 0.717) is 10.7 Å². The van der Waals surface area contributed by atoms with Crippen molar-refractivity contribution in [2.75, 3.05) is 0 Å². The summed E-state index contributed by atoms with van der Waals surface area (Å²) in [7, 11) is 0. The Bertz CT molecular complexity index is 844. The molecule has 0 aliphatic rings. The lowest BCUT2D eigenvalue weighted by Gasteiger charge is -2.08. The molecule has 3 rings (SSSR count). The summed E-state index contributed by atoms with van der Waals surface area (Å²) in [6.45, 7) is 3.82. The monoisotopic (exact) mass is 314 g/mol. The molecule has 0 aliphatic carbocycles. The minimum absolute atomic E-state index is 0.110. The minimum Gasteiger partial charge on any atom is -0.333 e. The van der Waals surface area contributed by atoms with Crippen LogP contribution in [0.3, 0.4) is 0 Å². The summed E-state index contributed by atoms with van der Waals surface area (Å²) in [6.07, 6.45) is 0. The van der Waals surface area contributed by atoms with Crippen LogP contribution in [0.25, 0.3) is 11.0 Å². The van der Waals surface area contributed by atoms with Crippen LogP contribution in [-0.4, -0.2) is 21.0 Å². The molecule has 3 nitrogen and oxygen atoms in total. The molecular weight excluding hydrogens is 299 g/mol. The maximum Gasteiger partial charge on any atom is 0.176 e. The Kier molecular flexibility index (Phi) is 3.98. The van der Waals surface area contributed by atoms with E-state index in [4.69, 9.17) is 0 Å². The molecule has 0 amide bonds. The Morgan fingerprint density at radius 1 is 1.27 bits per heavy atom. The molecule has 22 heavy (non-hydrogen) atoms. The molecule has 0 saturated carbocycles. The second-order valence-electron chi connectivity index (χ2n) is 5.20. The van der Waals surface area contributed by atoms with E-state index in [0.717, 1.165) is 16.6 Å². The number of halogens is 1. The fourth-order valence-electron chi connectivity index (χ4n) is 2.25. The number of aryl methyl sites for hydroxylation is 1. The normalized spacial score (nSPS) is 12.5. The number of nitrogens with one attached hydrogen (secondary N) is 1. The lowest BCUT2D eigenvalue weighted by molar-refractivity contribution is 0.0993. The van der Waals surface area contributed by atoms with Crippen molar-refractivity contribution in [3.63, 3.8) is 0 Å². The van der Waals surface area contributed by atoms with Gasteiger partial charge in [0.15, 0.2) is 10.9 Å². The lowest BCUT2D eigenvalue weighted by atomic mass is 10.1. The van der Waals surface area contributed by atoms with Crippen LogP contribution < -0.4 is 0 Å². The summed E-state index contributed by atoms with van der Waals surface area (Å²) in [5.41, 5.74) is 3.36. The number of imidazole rings is 1. The summed E-state index contributed by atoms with van der Waals surface area (Å²) in [5, 5.41) is 0.348. The molecular formula is C17H15FN2OS. The predicted octanol–water partition coefficient (Wildman–Crippen LogP) is 4.37. The number of benzene rings is 2. The van der Waals surface area contributed by atoms with Crippen molar-refractivity contribution < 1.29 is 9.18 Å². The Hall–Kier alpha value is -2.14. The van der Waals surface area contributed by atoms with Gasteiger partial charge in [0, 0.05) is 5.56 Å². The lowest BCUT2D eigenvalue weighted by Crippen LogP contribution is -2.13. The van der Waals surface area contributed by atoms with Crippen molar-refractivity contribution in [3.8, 4) is 0 Å². The average Bonchev–Trinajstić information content (AvgIpc) is 2.87. The van der Waals surface area contributed by atoms with Crippen LogP contribution in [0.2, 0.25) is 0 Å². The summed E-state index contributed by atoms with van der Waals surface area (Å²) in [4.78, 5) is 20.0. The highest BCUT2D eigenvalue weighted by molar-refractivity contribution is 8.00. The number of thioether (sulfide) groups is 1. The highest BCUT2D eigenvalue weighted by Crippen LogP contribution is 2.26. The van der Waals surface area contributed by atoms with Gasteiger partial charge in [-0.15, -0.1) is 0 Å². The summed E-state index contributed by atoms with van der Waals surface area (Å²) < 4.78 is 13.2. The van der Waals surface area contributed by atoms with Gasteiger partial charge in [0.1, 0.15) is 5.82 Å². The summed E-state index contributed by atoms with van der Waals surface area (Å²) in [5.74, 6) is -0.511. The molecule has 0 aliphatic heterocycles. The molecule has 3 aromatic rings. The molecule has 0 spiro atoms. The minimum atomic E-state index is -0.401. The third-order valence-electron chi connectivity index (χ3n) is 3.38. The SMILES string of the molecule is Cc1ccc2nc(SC(C)C(=O)c3cccc(F)c3)[nH]c2c1. The highest BCUT2D eigenvalue weighted by atomic mass is 32.2. The number of fused-ring (bicyclic) bond motifs is 1. The van der Waals surface area contributed by atoms with Crippen molar-refractivity contribution in [3.05, 3.63) is 59.4 Å². The van der Waals surface area contributed by atoms with Crippen LogP contribution in [0.1, 0.15) is 22.8 Å². The van der Waals surface area contributed by atoms with Gasteiger partial charge >= 0.3 is 0 Å². The van der Waals surface area contributed by atoms with Crippen LogP contribution >= 0.6 is 11.8 Å². The molecule has 0 saturated heterocycles. The van der Waals surface area contributed by atoms with Gasteiger partial charge < -0.3 is 4.98 Å². The topological polar surface area (TPSA) is 45.8 Å². The molecule has 1 aromatic heterocycles. The van der Waals surface area contributed by atoms with Crippen molar-refractivity contribution in [1.29, 1.82) is 0 Å². The first-order valence-electron chi connectivity index (χ1n) is 6.96. The third-order valence-corrected chi connectivity index (χ3v) is 4.37. The van der Waals surface area contributed by atoms with Gasteiger partial charge in [0.05, 0.1) is 16.3 Å². The number of aromatic amines is 1. The number of hydrogen-bond donors (Lipinski definition) is 1. The fraction of sp³-hybridized carbons (Fsp3) is 0.176. The van der Waals surface area contributed by atoms with Crippen molar-refractivity contribution in [2.45, 2.75) is 24.3 Å². The molecule has 1 heterocycles. The zero-order valence-electron chi connectivity index (χ0n) is 12.3. The number of hydrogen-bond acceptors (Lipinski definition) is 3. The van der Waals surface area contributed by atoms with Crippen LogP contribution in [0, 0.1) is 12.7 Å². The van der Waals surface area contributed by atoms with Crippen molar-refractivity contribution in [1.82, 2.24) is 9.97 Å². The van der Waals surface area contributed by atoms with Crippen LogP contribution in [0.15, 0.2) is 47.6 Å². The maximum atomic E-state index is 13.2. The van der Waals surface area contributed by atoms with Crippen LogP contribution in [0.4, 0.5) is 4.39 Å². The van der Waals surface area contributed by atoms with Gasteiger partial charge in [0.25, 0.3) is 0 Å². The first-order valence-corrected chi connectivity index (χ1v) is 7.84. The molecule has 2 aromatic carbocycles. The molecule has 5 heteroatoms. The number of Topliss-reactive ketones (excluding diaryl/α,β-unsaturated/α-hetero) is 1. The standard InChI is InChI=1S/C17H15FN2OS/c1-10-6-7-14-15(8-10)20-17(19-14)22-11(2)16(21)12-4-3-5-13(18)9-12/h3-9,11H,1-2H3,(H,19,20). The molecule has 1 atom stereocenters. The highest BCUT2D eigenvalue weighted by Gasteiger charge is 2.18. The van der Waals surface area contributed by atoms with Crippen molar-refractivity contribution >= 4 is 28.6 Å². The van der Waals surface area contributed by atoms with Gasteiger partial charge in [-0.25, -0.2) is 9.37 Å². The molecule has 0 radical (unpaired) electrons. The van der Waals surface area contributed by atoms with Gasteiger partial charge in [-0.05, 0) is 43.7 Å². The van der Waals surface area contributed by atoms with E-state index in [1.165, 1.54) is 23.9 Å². The predicted molar refractivity (Wildman–Crippen MR) is 86.9 cm³/mol. The Morgan fingerprint density at radius 2 is 2.09 bits per heavy atom. The Labute approximate surface area is 132 Å². The van der Waals surface area contributed by atoms with E-state index >= 15 is 0 Å². The van der Waals surface area contributed by atoms with Crippen molar-refractivity contribution in [2.24, 2.45) is 0 Å². The van der Waals surface area contributed by atoms with E-state index in [2.05, 4.69) is 9.97 Å². The van der Waals surface area contributed by atoms with Gasteiger partial charge in [-0.2, -0.15) is 0 Å². The molecule has 0 fully saturated rings. The van der Waals surface area contributed by atoms with Crippen LogP contribution in [0.5, 0.6) is 0 Å². The van der Waals surface area contributed by atoms with E-state index in [9.17, 15) is 9.18 Å². The third kappa shape index (κ3) is 3.04. The number of carbonyl (C=O) groups is 1. The number of H-pyrrole nitrogens is 1. The fourth-order valence-corrected chi connectivity index (χ4v) is 3.15.